The fourth-order valence-electron chi connectivity index (χ4n) is 2.80. The quantitative estimate of drug-likeness (QED) is 0.277. The van der Waals surface area contributed by atoms with E-state index in [-0.39, 0.29) is 38.6 Å². The van der Waals surface area contributed by atoms with Crippen LogP contribution in [0.5, 0.6) is 0 Å². The molecular formula is C22H13F6N3OS2. The van der Waals surface area contributed by atoms with Gasteiger partial charge >= 0.3 is 6.18 Å². The lowest BCUT2D eigenvalue weighted by molar-refractivity contribution is -0.138. The summed E-state index contributed by atoms with van der Waals surface area (Å²) in [6.07, 6.45) is -4.89. The van der Waals surface area contributed by atoms with Crippen molar-refractivity contribution < 1.29 is 31.1 Å². The zero-order valence-corrected chi connectivity index (χ0v) is 18.5. The second-order valence-electron chi connectivity index (χ2n) is 6.56. The van der Waals surface area contributed by atoms with E-state index in [2.05, 4.69) is 10.3 Å². The van der Waals surface area contributed by atoms with Crippen LogP contribution < -0.4 is 5.32 Å². The topological polar surface area (TPSA) is 65.8 Å². The van der Waals surface area contributed by atoms with Gasteiger partial charge in [0.15, 0.2) is 0 Å². The van der Waals surface area contributed by atoms with E-state index in [0.29, 0.717) is 17.8 Å². The highest BCUT2D eigenvalue weighted by molar-refractivity contribution is 8.00. The van der Waals surface area contributed by atoms with Crippen LogP contribution in [0.3, 0.4) is 0 Å². The average molecular weight is 513 g/mol. The van der Waals surface area contributed by atoms with Gasteiger partial charge < -0.3 is 5.32 Å². The van der Waals surface area contributed by atoms with Gasteiger partial charge in [-0.15, -0.1) is 0 Å². The second-order valence-corrected chi connectivity index (χ2v) is 8.59. The van der Waals surface area contributed by atoms with E-state index in [1.807, 2.05) is 0 Å². The molecule has 1 N–H and O–H groups in total. The maximum atomic E-state index is 13.7. The molecule has 3 aromatic rings. The maximum Gasteiger partial charge on any atom is 0.417 e. The summed E-state index contributed by atoms with van der Waals surface area (Å²) >= 11 is 0.864. The molecule has 0 saturated carbocycles. The van der Waals surface area contributed by atoms with Crippen LogP contribution in [0.2, 0.25) is 0 Å². The molecule has 1 amide bonds. The number of thioether (sulfide) groups is 2. The summed E-state index contributed by atoms with van der Waals surface area (Å²) in [4.78, 5) is 16.5. The molecule has 176 valence electrons. The first-order valence-electron chi connectivity index (χ1n) is 9.33. The van der Waals surface area contributed by atoms with Gasteiger partial charge in [0, 0.05) is 10.5 Å². The molecule has 0 aliphatic carbocycles. The number of nitriles is 1. The van der Waals surface area contributed by atoms with E-state index in [9.17, 15) is 36.4 Å². The van der Waals surface area contributed by atoms with E-state index in [1.165, 1.54) is 48.5 Å². The fourth-order valence-corrected chi connectivity index (χ4v) is 4.10. The van der Waals surface area contributed by atoms with E-state index in [4.69, 9.17) is 0 Å². The average Bonchev–Trinajstić information content (AvgIpc) is 2.78. The van der Waals surface area contributed by atoms with Gasteiger partial charge in [-0.3, -0.25) is 4.79 Å². The Balaban J connectivity index is 1.92. The number of alkyl halides is 5. The largest absolute Gasteiger partial charge is 0.417 e. The van der Waals surface area contributed by atoms with Gasteiger partial charge in [0.25, 0.3) is 5.76 Å². The molecule has 0 saturated heterocycles. The number of amides is 1. The van der Waals surface area contributed by atoms with Gasteiger partial charge in [0.05, 0.1) is 28.3 Å². The Morgan fingerprint density at radius 2 is 1.79 bits per heavy atom. The number of nitrogens with one attached hydrogen (secondary N) is 1. The van der Waals surface area contributed by atoms with Crippen molar-refractivity contribution in [3.63, 3.8) is 0 Å². The predicted octanol–water partition coefficient (Wildman–Crippen LogP) is 6.82. The molecule has 0 fully saturated rings. The number of anilines is 1. The van der Waals surface area contributed by atoms with E-state index in [0.717, 1.165) is 6.07 Å². The lowest BCUT2D eigenvalue weighted by atomic mass is 10.1. The van der Waals surface area contributed by atoms with Gasteiger partial charge in [-0.05, 0) is 30.3 Å². The molecule has 0 aliphatic rings. The molecular weight excluding hydrogens is 500 g/mol. The van der Waals surface area contributed by atoms with Gasteiger partial charge in [-0.25, -0.2) is 9.37 Å². The number of nitrogens with zero attached hydrogens (tertiary/aromatic N) is 2. The molecule has 0 radical (unpaired) electrons. The zero-order chi connectivity index (χ0) is 24.9. The van der Waals surface area contributed by atoms with Crippen LogP contribution >= 0.6 is 23.5 Å². The number of hydrogen-bond donors (Lipinski definition) is 1. The third-order valence-electron chi connectivity index (χ3n) is 4.27. The number of aromatic nitrogens is 1. The Kier molecular flexibility index (Phi) is 8.11. The normalized spacial score (nSPS) is 11.4. The molecule has 2 aromatic carbocycles. The van der Waals surface area contributed by atoms with Crippen LogP contribution in [0.4, 0.5) is 32.0 Å². The first kappa shape index (κ1) is 25.5. The van der Waals surface area contributed by atoms with Crippen molar-refractivity contribution in [2.45, 2.75) is 21.9 Å². The van der Waals surface area contributed by atoms with Crippen LogP contribution in [-0.2, 0) is 11.0 Å². The van der Waals surface area contributed by atoms with E-state index >= 15 is 0 Å². The second kappa shape index (κ2) is 10.8. The number of carbonyl (C=O) groups is 1. The molecule has 1 aromatic heterocycles. The Morgan fingerprint density at radius 1 is 1.12 bits per heavy atom. The van der Waals surface area contributed by atoms with Gasteiger partial charge in [0.1, 0.15) is 16.9 Å². The molecule has 0 atom stereocenters. The van der Waals surface area contributed by atoms with Gasteiger partial charge in [0.2, 0.25) is 5.91 Å². The van der Waals surface area contributed by atoms with E-state index in [1.54, 1.807) is 0 Å². The van der Waals surface area contributed by atoms with Crippen molar-refractivity contribution >= 4 is 35.1 Å². The fraction of sp³-hybridized carbons (Fsp3) is 0.136. The molecule has 0 aliphatic heterocycles. The summed E-state index contributed by atoms with van der Waals surface area (Å²) in [6.45, 7) is 0. The van der Waals surface area contributed by atoms with Crippen molar-refractivity contribution in [1.82, 2.24) is 4.98 Å². The number of hydrogen-bond acceptors (Lipinski definition) is 5. The molecule has 0 unspecified atom stereocenters. The smallest absolute Gasteiger partial charge is 0.323 e. The predicted molar refractivity (Wildman–Crippen MR) is 117 cm³/mol. The monoisotopic (exact) mass is 513 g/mol. The molecule has 3 rings (SSSR count). The van der Waals surface area contributed by atoms with Crippen LogP contribution in [0.15, 0.2) is 64.5 Å². The highest BCUT2D eigenvalue weighted by atomic mass is 32.2. The van der Waals surface area contributed by atoms with Gasteiger partial charge in [-0.1, -0.05) is 47.8 Å². The third kappa shape index (κ3) is 6.45. The van der Waals surface area contributed by atoms with Crippen molar-refractivity contribution in [1.29, 1.82) is 5.26 Å². The van der Waals surface area contributed by atoms with Crippen molar-refractivity contribution in [2.75, 3.05) is 11.1 Å². The molecule has 34 heavy (non-hydrogen) atoms. The SMILES string of the molecule is N#Cc1c(C(F)(F)F)cc(-c2ccc(SC(F)F)cc2)nc1SCC(=O)Nc1ccccc1F. The minimum Gasteiger partial charge on any atom is -0.323 e. The van der Waals surface area contributed by atoms with Crippen molar-refractivity contribution in [3.8, 4) is 17.3 Å². The zero-order valence-electron chi connectivity index (χ0n) is 16.9. The van der Waals surface area contributed by atoms with Crippen molar-refractivity contribution in [2.24, 2.45) is 0 Å². The summed E-state index contributed by atoms with van der Waals surface area (Å²) in [5.74, 6) is -4.50. The first-order valence-corrected chi connectivity index (χ1v) is 11.2. The Hall–Kier alpha value is -3.17. The molecule has 4 nitrogen and oxygen atoms in total. The molecule has 1 heterocycles. The number of carbonyl (C=O) groups excluding carboxylic acids is 1. The lowest BCUT2D eigenvalue weighted by Gasteiger charge is -2.14. The molecule has 0 bridgehead atoms. The third-order valence-corrected chi connectivity index (χ3v) is 5.96. The summed E-state index contributed by atoms with van der Waals surface area (Å²) < 4.78 is 79.7. The van der Waals surface area contributed by atoms with Crippen LogP contribution in [0.25, 0.3) is 11.3 Å². The minimum absolute atomic E-state index is 0.104. The van der Waals surface area contributed by atoms with Crippen LogP contribution in [-0.4, -0.2) is 22.4 Å². The minimum atomic E-state index is -4.89. The number of benzene rings is 2. The standard InChI is InChI=1S/C22H13F6N3OS2/c23-16-3-1-2-4-17(16)30-19(32)11-33-20-14(10-29)15(22(26,27)28)9-18(31-20)12-5-7-13(8-6-12)34-21(24)25/h1-9,21H,11H2,(H,30,32). The van der Waals surface area contributed by atoms with E-state index < -0.39 is 40.5 Å². The maximum absolute atomic E-state index is 13.7. The number of rotatable bonds is 7. The Bertz CT molecular complexity index is 1230. The Labute approximate surface area is 198 Å². The Morgan fingerprint density at radius 3 is 2.38 bits per heavy atom. The van der Waals surface area contributed by atoms with Crippen LogP contribution in [0, 0.1) is 17.1 Å². The number of para-hydroxylation sites is 1. The van der Waals surface area contributed by atoms with Crippen molar-refractivity contribution in [3.05, 3.63) is 71.5 Å². The summed E-state index contributed by atoms with van der Waals surface area (Å²) in [5, 5.41) is 11.3. The molecule has 0 spiro atoms. The first-order chi connectivity index (χ1) is 16.1. The highest BCUT2D eigenvalue weighted by Gasteiger charge is 2.36. The highest BCUT2D eigenvalue weighted by Crippen LogP contribution is 2.38. The lowest BCUT2D eigenvalue weighted by Crippen LogP contribution is -2.16. The van der Waals surface area contributed by atoms with Crippen LogP contribution in [0.1, 0.15) is 11.1 Å². The molecule has 12 heteroatoms. The summed E-state index contributed by atoms with van der Waals surface area (Å²) in [7, 11) is 0. The number of halogens is 6. The number of pyridine rings is 1. The summed E-state index contributed by atoms with van der Waals surface area (Å²) in [6, 6.07) is 12.8. The van der Waals surface area contributed by atoms with Gasteiger partial charge in [-0.2, -0.15) is 27.2 Å². The summed E-state index contributed by atoms with van der Waals surface area (Å²) in [5.41, 5.74) is -2.07.